The predicted octanol–water partition coefficient (Wildman–Crippen LogP) is 4.54. The monoisotopic (exact) mass is 446 g/mol. The molecule has 7 heteroatoms. The molecule has 1 aliphatic rings. The fourth-order valence-corrected chi connectivity index (χ4v) is 3.71. The van der Waals surface area contributed by atoms with E-state index in [1.165, 1.54) is 13.2 Å². The highest BCUT2D eigenvalue weighted by Crippen LogP contribution is 2.35. The Kier molecular flexibility index (Phi) is 6.13. The lowest BCUT2D eigenvalue weighted by atomic mass is 10.0. The van der Waals surface area contributed by atoms with Gasteiger partial charge < -0.3 is 14.8 Å². The Morgan fingerprint density at radius 1 is 0.909 bits per heavy atom. The van der Waals surface area contributed by atoms with E-state index >= 15 is 0 Å². The summed E-state index contributed by atoms with van der Waals surface area (Å²) in [5.41, 5.74) is 2.59. The number of carbonyl (C=O) groups is 2. The summed E-state index contributed by atoms with van der Waals surface area (Å²) in [7, 11) is 3.08. The first kappa shape index (κ1) is 22.1. The quantitative estimate of drug-likeness (QED) is 0.540. The van der Waals surface area contributed by atoms with Gasteiger partial charge in [-0.15, -0.1) is 0 Å². The number of anilines is 1. The van der Waals surface area contributed by atoms with Crippen LogP contribution in [0.4, 0.5) is 10.1 Å². The highest BCUT2D eigenvalue weighted by molar-refractivity contribution is 6.36. The number of aryl methyl sites for hydroxylation is 1. The van der Waals surface area contributed by atoms with Crippen molar-refractivity contribution in [2.75, 3.05) is 19.5 Å². The van der Waals surface area contributed by atoms with Crippen LogP contribution >= 0.6 is 0 Å². The standard InChI is InChI=1S/C26H23FN2O4/c1-16-8-13-22(33-3)21(14-16)28-24-23(17-9-11-19(32-2)12-10-17)25(30)29(26(24)31)15-18-6-4-5-7-20(18)27/h4-14,28H,15H2,1-3H3. The van der Waals surface area contributed by atoms with Gasteiger partial charge in [-0.25, -0.2) is 4.39 Å². The minimum absolute atomic E-state index is 0.102. The van der Waals surface area contributed by atoms with Crippen LogP contribution in [0.2, 0.25) is 0 Å². The Morgan fingerprint density at radius 3 is 2.30 bits per heavy atom. The molecule has 6 nitrogen and oxygen atoms in total. The number of hydrogen-bond acceptors (Lipinski definition) is 5. The van der Waals surface area contributed by atoms with Gasteiger partial charge in [-0.3, -0.25) is 14.5 Å². The summed E-state index contributed by atoms with van der Waals surface area (Å²) in [4.78, 5) is 27.9. The first-order valence-electron chi connectivity index (χ1n) is 10.3. The Balaban J connectivity index is 1.79. The van der Waals surface area contributed by atoms with E-state index < -0.39 is 17.6 Å². The van der Waals surface area contributed by atoms with E-state index in [-0.39, 0.29) is 23.4 Å². The highest BCUT2D eigenvalue weighted by atomic mass is 19.1. The number of ether oxygens (including phenoxy) is 2. The molecule has 0 unspecified atom stereocenters. The Bertz CT molecular complexity index is 1250. The Hall–Kier alpha value is -4.13. The maximum absolute atomic E-state index is 14.3. The van der Waals surface area contributed by atoms with Gasteiger partial charge in [0.25, 0.3) is 11.8 Å². The summed E-state index contributed by atoms with van der Waals surface area (Å²) in [6.45, 7) is 1.73. The number of imide groups is 1. The van der Waals surface area contributed by atoms with E-state index in [9.17, 15) is 14.0 Å². The van der Waals surface area contributed by atoms with Gasteiger partial charge in [0.15, 0.2) is 0 Å². The van der Waals surface area contributed by atoms with Crippen molar-refractivity contribution < 1.29 is 23.5 Å². The fourth-order valence-electron chi connectivity index (χ4n) is 3.71. The molecular weight excluding hydrogens is 423 g/mol. The zero-order valence-corrected chi connectivity index (χ0v) is 18.5. The predicted molar refractivity (Wildman–Crippen MR) is 123 cm³/mol. The second-order valence-corrected chi connectivity index (χ2v) is 7.60. The number of halogens is 1. The number of hydrogen-bond donors (Lipinski definition) is 1. The van der Waals surface area contributed by atoms with Crippen molar-refractivity contribution in [2.24, 2.45) is 0 Å². The largest absolute Gasteiger partial charge is 0.497 e. The summed E-state index contributed by atoms with van der Waals surface area (Å²) in [5, 5.41) is 3.11. The molecule has 0 bridgehead atoms. The van der Waals surface area contributed by atoms with Crippen molar-refractivity contribution in [1.82, 2.24) is 4.90 Å². The normalized spacial score (nSPS) is 13.5. The van der Waals surface area contributed by atoms with Gasteiger partial charge in [0.05, 0.1) is 32.0 Å². The number of carbonyl (C=O) groups excluding carboxylic acids is 2. The molecule has 0 aliphatic carbocycles. The van der Waals surface area contributed by atoms with Crippen LogP contribution in [0.5, 0.6) is 11.5 Å². The van der Waals surface area contributed by atoms with Gasteiger partial charge in [0.2, 0.25) is 0 Å². The van der Waals surface area contributed by atoms with Crippen molar-refractivity contribution in [3.8, 4) is 11.5 Å². The van der Waals surface area contributed by atoms with Crippen molar-refractivity contribution in [3.05, 3.63) is 94.9 Å². The van der Waals surface area contributed by atoms with E-state index in [1.807, 2.05) is 19.1 Å². The van der Waals surface area contributed by atoms with E-state index in [2.05, 4.69) is 5.32 Å². The van der Waals surface area contributed by atoms with Crippen LogP contribution in [0, 0.1) is 12.7 Å². The zero-order valence-electron chi connectivity index (χ0n) is 18.5. The number of benzene rings is 3. The van der Waals surface area contributed by atoms with E-state index in [1.54, 1.807) is 55.6 Å². The summed E-state index contributed by atoms with van der Waals surface area (Å²) in [6, 6.07) is 18.4. The maximum Gasteiger partial charge on any atom is 0.278 e. The lowest BCUT2D eigenvalue weighted by molar-refractivity contribution is -0.137. The van der Waals surface area contributed by atoms with Gasteiger partial charge in [-0.05, 0) is 48.4 Å². The van der Waals surface area contributed by atoms with Crippen LogP contribution < -0.4 is 14.8 Å². The molecule has 1 aliphatic heterocycles. The minimum atomic E-state index is -0.544. The summed E-state index contributed by atoms with van der Waals surface area (Å²) >= 11 is 0. The SMILES string of the molecule is COc1ccc(C2=C(Nc3cc(C)ccc3OC)C(=O)N(Cc3ccccc3F)C2=O)cc1. The molecule has 4 rings (SSSR count). The topological polar surface area (TPSA) is 67.9 Å². The Morgan fingerprint density at radius 2 is 1.64 bits per heavy atom. The third kappa shape index (κ3) is 4.30. The molecule has 3 aromatic rings. The third-order valence-electron chi connectivity index (χ3n) is 5.45. The lowest BCUT2D eigenvalue weighted by Gasteiger charge is -2.16. The van der Waals surface area contributed by atoms with Gasteiger partial charge in [-0.1, -0.05) is 36.4 Å². The van der Waals surface area contributed by atoms with Gasteiger partial charge in [0, 0.05) is 5.56 Å². The van der Waals surface area contributed by atoms with E-state index in [0.29, 0.717) is 22.7 Å². The molecule has 0 atom stereocenters. The van der Waals surface area contributed by atoms with Crippen LogP contribution in [0.3, 0.4) is 0 Å². The van der Waals surface area contributed by atoms with E-state index in [0.717, 1.165) is 10.5 Å². The van der Waals surface area contributed by atoms with Crippen LogP contribution in [0.25, 0.3) is 5.57 Å². The number of rotatable bonds is 7. The van der Waals surface area contributed by atoms with Crippen molar-refractivity contribution in [3.63, 3.8) is 0 Å². The van der Waals surface area contributed by atoms with Crippen LogP contribution in [0.1, 0.15) is 16.7 Å². The summed E-state index contributed by atoms with van der Waals surface area (Å²) in [5.74, 6) is -0.393. The summed E-state index contributed by atoms with van der Waals surface area (Å²) in [6.07, 6.45) is 0. The molecule has 0 saturated heterocycles. The lowest BCUT2D eigenvalue weighted by Crippen LogP contribution is -2.32. The van der Waals surface area contributed by atoms with Crippen LogP contribution in [-0.4, -0.2) is 30.9 Å². The molecule has 0 saturated carbocycles. The molecule has 168 valence electrons. The highest BCUT2D eigenvalue weighted by Gasteiger charge is 2.39. The molecule has 1 N–H and O–H groups in total. The average Bonchev–Trinajstić information content (AvgIpc) is 3.05. The molecular formula is C26H23FN2O4. The van der Waals surface area contributed by atoms with E-state index in [4.69, 9.17) is 9.47 Å². The van der Waals surface area contributed by atoms with Crippen LogP contribution in [-0.2, 0) is 16.1 Å². The smallest absolute Gasteiger partial charge is 0.278 e. The summed E-state index contributed by atoms with van der Waals surface area (Å²) < 4.78 is 24.9. The fraction of sp³-hybridized carbons (Fsp3) is 0.154. The van der Waals surface area contributed by atoms with Gasteiger partial charge in [0.1, 0.15) is 23.0 Å². The first-order valence-corrected chi connectivity index (χ1v) is 10.3. The molecule has 0 radical (unpaired) electrons. The third-order valence-corrected chi connectivity index (χ3v) is 5.45. The number of nitrogens with zero attached hydrogens (tertiary/aromatic N) is 1. The number of amides is 2. The minimum Gasteiger partial charge on any atom is -0.497 e. The second kappa shape index (κ2) is 9.16. The zero-order chi connectivity index (χ0) is 23.5. The van der Waals surface area contributed by atoms with Crippen molar-refractivity contribution >= 4 is 23.1 Å². The molecule has 0 spiro atoms. The second-order valence-electron chi connectivity index (χ2n) is 7.60. The van der Waals surface area contributed by atoms with Crippen molar-refractivity contribution in [2.45, 2.75) is 13.5 Å². The number of methoxy groups -OCH3 is 2. The molecule has 0 aromatic heterocycles. The molecule has 2 amide bonds. The maximum atomic E-state index is 14.3. The van der Waals surface area contributed by atoms with Gasteiger partial charge >= 0.3 is 0 Å². The average molecular weight is 446 g/mol. The molecule has 33 heavy (non-hydrogen) atoms. The van der Waals surface area contributed by atoms with Crippen molar-refractivity contribution in [1.29, 1.82) is 0 Å². The first-order chi connectivity index (χ1) is 15.9. The Labute approximate surface area is 191 Å². The van der Waals surface area contributed by atoms with Crippen LogP contribution in [0.15, 0.2) is 72.4 Å². The molecule has 1 heterocycles. The molecule has 0 fully saturated rings. The molecule has 3 aromatic carbocycles. The van der Waals surface area contributed by atoms with Gasteiger partial charge in [-0.2, -0.15) is 0 Å². The number of nitrogens with one attached hydrogen (secondary N) is 1.